The minimum Gasteiger partial charge on any atom is -0.493 e. The number of fused-ring (bicyclic) bond motifs is 1. The van der Waals surface area contributed by atoms with E-state index in [1.165, 1.54) is 27.5 Å². The third-order valence-corrected chi connectivity index (χ3v) is 4.17. The van der Waals surface area contributed by atoms with Gasteiger partial charge in [0.1, 0.15) is 5.75 Å². The lowest BCUT2D eigenvalue weighted by Crippen LogP contribution is -2.14. The Bertz CT molecular complexity index is 810. The van der Waals surface area contributed by atoms with E-state index in [1.807, 2.05) is 0 Å². The van der Waals surface area contributed by atoms with E-state index < -0.39 is 0 Å². The van der Waals surface area contributed by atoms with Gasteiger partial charge >= 0.3 is 0 Å². The highest BCUT2D eigenvalue weighted by Gasteiger charge is 2.08. The molecule has 0 unspecified atom stereocenters. The van der Waals surface area contributed by atoms with E-state index in [0.29, 0.717) is 0 Å². The molecule has 0 aliphatic heterocycles. The Labute approximate surface area is 144 Å². The Morgan fingerprint density at radius 3 is 2.62 bits per heavy atom. The molecule has 3 aromatic carbocycles. The van der Waals surface area contributed by atoms with Gasteiger partial charge in [-0.2, -0.15) is 0 Å². The summed E-state index contributed by atoms with van der Waals surface area (Å²) in [4.78, 5) is 0. The lowest BCUT2D eigenvalue weighted by molar-refractivity contribution is 0.314. The van der Waals surface area contributed by atoms with E-state index in [0.717, 1.165) is 31.9 Å². The van der Waals surface area contributed by atoms with Crippen LogP contribution >= 0.6 is 0 Å². The lowest BCUT2D eigenvalue weighted by Gasteiger charge is -2.15. The van der Waals surface area contributed by atoms with Crippen LogP contribution < -0.4 is 10.1 Å². The maximum Gasteiger partial charge on any atom is 0.124 e. The monoisotopic (exact) mass is 319 g/mol. The van der Waals surface area contributed by atoms with Gasteiger partial charge in [-0.05, 0) is 35.7 Å². The van der Waals surface area contributed by atoms with Crippen molar-refractivity contribution in [2.24, 2.45) is 0 Å². The van der Waals surface area contributed by atoms with Crippen LogP contribution in [0.15, 0.2) is 60.7 Å². The fraction of sp³-hybridized carbons (Fsp3) is 0.273. The molecule has 0 heterocycles. The normalized spacial score (nSPS) is 10.9. The number of benzene rings is 3. The number of nitrogens with one attached hydrogen (secondary N) is 1. The van der Waals surface area contributed by atoms with Gasteiger partial charge in [-0.15, -0.1) is 0 Å². The Hall–Kier alpha value is -2.32. The van der Waals surface area contributed by atoms with Crippen LogP contribution in [0, 0.1) is 6.92 Å². The Balaban J connectivity index is 1.80. The van der Waals surface area contributed by atoms with Gasteiger partial charge in [-0.3, -0.25) is 0 Å². The van der Waals surface area contributed by atoms with Crippen LogP contribution in [0.5, 0.6) is 5.75 Å². The largest absolute Gasteiger partial charge is 0.493 e. The summed E-state index contributed by atoms with van der Waals surface area (Å²) < 4.78 is 5.98. The van der Waals surface area contributed by atoms with E-state index in [9.17, 15) is 0 Å². The van der Waals surface area contributed by atoms with E-state index in [-0.39, 0.29) is 0 Å². The molecule has 2 nitrogen and oxygen atoms in total. The molecule has 3 rings (SSSR count). The molecule has 0 aliphatic rings. The average molecular weight is 319 g/mol. The first-order valence-electron chi connectivity index (χ1n) is 8.67. The first kappa shape index (κ1) is 16.5. The first-order chi connectivity index (χ1) is 11.8. The molecule has 1 N–H and O–H groups in total. The summed E-state index contributed by atoms with van der Waals surface area (Å²) in [6.45, 7) is 6.68. The van der Waals surface area contributed by atoms with E-state index in [2.05, 4.69) is 79.8 Å². The quantitative estimate of drug-likeness (QED) is 0.644. The third-order valence-electron chi connectivity index (χ3n) is 4.17. The van der Waals surface area contributed by atoms with E-state index in [4.69, 9.17) is 4.74 Å². The standard InChI is InChI=1S/C22H25NO/c1-3-13-24-22-12-11-19-9-4-5-10-20(19)21(22)16-23-15-18-8-6-7-17(2)14-18/h4-12,14,23H,3,13,15-16H2,1-2H3. The highest BCUT2D eigenvalue weighted by atomic mass is 16.5. The zero-order valence-electron chi connectivity index (χ0n) is 14.5. The molecule has 0 bridgehead atoms. The summed E-state index contributed by atoms with van der Waals surface area (Å²) in [5.41, 5.74) is 3.85. The molecule has 0 spiro atoms. The number of hydrogen-bond donors (Lipinski definition) is 1. The molecule has 2 heteroatoms. The zero-order chi connectivity index (χ0) is 16.8. The summed E-state index contributed by atoms with van der Waals surface area (Å²) in [7, 11) is 0. The van der Waals surface area contributed by atoms with Crippen LogP contribution in [0.2, 0.25) is 0 Å². The smallest absolute Gasteiger partial charge is 0.124 e. The van der Waals surface area contributed by atoms with Crippen molar-refractivity contribution in [3.8, 4) is 5.75 Å². The van der Waals surface area contributed by atoms with Gasteiger partial charge in [-0.1, -0.05) is 67.1 Å². The van der Waals surface area contributed by atoms with Gasteiger partial charge in [0.15, 0.2) is 0 Å². The molecule has 0 fully saturated rings. The van der Waals surface area contributed by atoms with Crippen LogP contribution in [-0.2, 0) is 13.1 Å². The minimum atomic E-state index is 0.753. The third kappa shape index (κ3) is 3.95. The van der Waals surface area contributed by atoms with Crippen molar-refractivity contribution < 1.29 is 4.74 Å². The average Bonchev–Trinajstić information content (AvgIpc) is 2.61. The second-order valence-electron chi connectivity index (χ2n) is 6.20. The molecule has 0 aromatic heterocycles. The first-order valence-corrected chi connectivity index (χ1v) is 8.67. The molecule has 0 atom stereocenters. The summed E-state index contributed by atoms with van der Waals surface area (Å²) >= 11 is 0. The topological polar surface area (TPSA) is 21.3 Å². The maximum atomic E-state index is 5.98. The zero-order valence-corrected chi connectivity index (χ0v) is 14.5. The van der Waals surface area contributed by atoms with Crippen molar-refractivity contribution in [3.63, 3.8) is 0 Å². The number of aryl methyl sites for hydroxylation is 1. The second kappa shape index (κ2) is 7.98. The molecule has 0 aliphatic carbocycles. The molecule has 124 valence electrons. The highest BCUT2D eigenvalue weighted by Crippen LogP contribution is 2.28. The highest BCUT2D eigenvalue weighted by molar-refractivity contribution is 5.87. The predicted molar refractivity (Wildman–Crippen MR) is 101 cm³/mol. The van der Waals surface area contributed by atoms with Crippen molar-refractivity contribution in [2.45, 2.75) is 33.4 Å². The van der Waals surface area contributed by atoms with Gasteiger partial charge in [0.05, 0.1) is 6.61 Å². The van der Waals surface area contributed by atoms with Crippen molar-refractivity contribution in [1.82, 2.24) is 5.32 Å². The Kier molecular flexibility index (Phi) is 5.50. The lowest BCUT2D eigenvalue weighted by atomic mass is 10.0. The van der Waals surface area contributed by atoms with Crippen molar-refractivity contribution >= 4 is 10.8 Å². The number of hydrogen-bond acceptors (Lipinski definition) is 2. The molecule has 3 aromatic rings. The number of ether oxygens (including phenoxy) is 1. The van der Waals surface area contributed by atoms with Gasteiger partial charge in [0.2, 0.25) is 0 Å². The van der Waals surface area contributed by atoms with Crippen LogP contribution in [0.4, 0.5) is 0 Å². The molecule has 24 heavy (non-hydrogen) atoms. The summed E-state index contributed by atoms with van der Waals surface area (Å²) in [6.07, 6.45) is 1.02. The van der Waals surface area contributed by atoms with E-state index >= 15 is 0 Å². The fourth-order valence-corrected chi connectivity index (χ4v) is 3.00. The van der Waals surface area contributed by atoms with Crippen LogP contribution in [0.3, 0.4) is 0 Å². The molecule has 0 saturated carbocycles. The molecule has 0 amide bonds. The van der Waals surface area contributed by atoms with Crippen LogP contribution in [0.1, 0.15) is 30.0 Å². The number of rotatable bonds is 7. The van der Waals surface area contributed by atoms with Crippen molar-refractivity contribution in [2.75, 3.05) is 6.61 Å². The Morgan fingerprint density at radius 1 is 0.917 bits per heavy atom. The second-order valence-corrected chi connectivity index (χ2v) is 6.20. The van der Waals surface area contributed by atoms with Crippen molar-refractivity contribution in [3.05, 3.63) is 77.4 Å². The van der Waals surface area contributed by atoms with Gasteiger partial charge in [0.25, 0.3) is 0 Å². The molecular weight excluding hydrogens is 294 g/mol. The summed E-state index contributed by atoms with van der Waals surface area (Å²) in [6, 6.07) is 21.4. The van der Waals surface area contributed by atoms with E-state index in [1.54, 1.807) is 0 Å². The van der Waals surface area contributed by atoms with Crippen LogP contribution in [0.25, 0.3) is 10.8 Å². The van der Waals surface area contributed by atoms with Gasteiger partial charge in [0, 0.05) is 18.7 Å². The summed E-state index contributed by atoms with van der Waals surface area (Å²) in [5.74, 6) is 0.993. The van der Waals surface area contributed by atoms with Crippen LogP contribution in [-0.4, -0.2) is 6.61 Å². The molecule has 0 radical (unpaired) electrons. The maximum absolute atomic E-state index is 5.98. The summed E-state index contributed by atoms with van der Waals surface area (Å²) in [5, 5.41) is 6.10. The van der Waals surface area contributed by atoms with Crippen molar-refractivity contribution in [1.29, 1.82) is 0 Å². The van der Waals surface area contributed by atoms with Gasteiger partial charge in [-0.25, -0.2) is 0 Å². The molecular formula is C22H25NO. The molecule has 0 saturated heterocycles. The SMILES string of the molecule is CCCOc1ccc2ccccc2c1CNCc1cccc(C)c1. The fourth-order valence-electron chi connectivity index (χ4n) is 3.00. The minimum absolute atomic E-state index is 0.753. The Morgan fingerprint density at radius 2 is 1.79 bits per heavy atom. The predicted octanol–water partition coefficient (Wildman–Crippen LogP) is 5.23. The van der Waals surface area contributed by atoms with Gasteiger partial charge < -0.3 is 10.1 Å².